The molecule has 2 aromatic heterocycles. The van der Waals surface area contributed by atoms with Gasteiger partial charge in [0, 0.05) is 0 Å². The molecule has 7 N–H and O–H groups in total. The molecule has 31 heavy (non-hydrogen) atoms. The van der Waals surface area contributed by atoms with Crippen molar-refractivity contribution in [3.8, 4) is 0 Å². The van der Waals surface area contributed by atoms with E-state index in [1.807, 2.05) is 0 Å². The predicted molar refractivity (Wildman–Crippen MR) is 99.0 cm³/mol. The standard InChI is InChI=1S/C10H15BN5O12P3/c11-29(19,27-31(23,24)28-30(20,21)22)25-1-4-6(17)7(18)10(26-4)16-3-15-5-8(12)13-2-14-9(5)16/h2-4,6-7,10,17-18H,1H2,(H,23,24)(H2,12,13,14)(H2,20,21,22)/q-1/t4-,6-,7-,10-,29?/m1/s1. The number of nitrogens with zero attached hydrogens (tertiary/aromatic N) is 4. The molecule has 17 nitrogen and oxygen atoms in total. The van der Waals surface area contributed by atoms with Crippen molar-refractivity contribution in [1.29, 1.82) is 0 Å². The number of anilines is 1. The van der Waals surface area contributed by atoms with Crippen LogP contribution in [-0.2, 0) is 31.6 Å². The average molecular weight is 501 g/mol. The third-order valence-corrected chi connectivity index (χ3v) is 7.76. The van der Waals surface area contributed by atoms with Crippen LogP contribution >= 0.6 is 23.1 Å². The fourth-order valence-corrected chi connectivity index (χ4v) is 5.80. The van der Waals surface area contributed by atoms with Gasteiger partial charge in [-0.05, 0) is 0 Å². The normalized spacial score (nSPS) is 28.5. The average Bonchev–Trinajstić information content (AvgIpc) is 3.13. The van der Waals surface area contributed by atoms with Gasteiger partial charge in [0.25, 0.3) is 0 Å². The van der Waals surface area contributed by atoms with Crippen LogP contribution in [-0.4, -0.2) is 76.9 Å². The van der Waals surface area contributed by atoms with Gasteiger partial charge in [0.15, 0.2) is 17.7 Å². The van der Waals surface area contributed by atoms with Gasteiger partial charge in [-0.2, -0.15) is 4.31 Å². The molecule has 21 heteroatoms. The van der Waals surface area contributed by atoms with Crippen molar-refractivity contribution in [2.24, 2.45) is 0 Å². The van der Waals surface area contributed by atoms with E-state index in [4.69, 9.17) is 27.8 Å². The Morgan fingerprint density at radius 3 is 2.45 bits per heavy atom. The first-order valence-electron chi connectivity index (χ1n) is 7.98. The van der Waals surface area contributed by atoms with Crippen molar-refractivity contribution in [3.05, 3.63) is 12.7 Å². The zero-order valence-corrected chi connectivity index (χ0v) is 17.7. The zero-order chi connectivity index (χ0) is 23.2. The summed E-state index contributed by atoms with van der Waals surface area (Å²) >= 11 is 0. The molecule has 1 aliphatic heterocycles. The molecule has 0 spiro atoms. The van der Waals surface area contributed by atoms with Gasteiger partial charge >= 0.3 is 15.6 Å². The van der Waals surface area contributed by atoms with Gasteiger partial charge < -0.3 is 52.0 Å². The maximum absolute atomic E-state index is 12.0. The number of hydrogen-bond donors (Lipinski definition) is 6. The zero-order valence-electron chi connectivity index (χ0n) is 15.1. The number of nitrogens with two attached hydrogens (primary N) is 1. The Bertz CT molecular complexity index is 1110. The van der Waals surface area contributed by atoms with Gasteiger partial charge in [0.1, 0.15) is 30.2 Å². The van der Waals surface area contributed by atoms with Crippen LogP contribution in [0.1, 0.15) is 6.23 Å². The number of aromatic nitrogens is 4. The number of imidazole rings is 1. The molecule has 0 bridgehead atoms. The fourth-order valence-electron chi connectivity index (χ4n) is 2.65. The third kappa shape index (κ3) is 5.76. The van der Waals surface area contributed by atoms with E-state index in [0.29, 0.717) is 0 Å². The minimum Gasteiger partial charge on any atom is -0.443 e. The van der Waals surface area contributed by atoms with Crippen LogP contribution in [0.3, 0.4) is 0 Å². The largest absolute Gasteiger partial charge is 0.485 e. The fraction of sp³-hybridized carbons (Fsp3) is 0.500. The van der Waals surface area contributed by atoms with Crippen molar-refractivity contribution in [1.82, 2.24) is 19.5 Å². The van der Waals surface area contributed by atoms with E-state index in [0.717, 1.165) is 6.33 Å². The molecule has 1 saturated heterocycles. The van der Waals surface area contributed by atoms with Crippen molar-refractivity contribution in [2.75, 3.05) is 12.3 Å². The third-order valence-electron chi connectivity index (χ3n) is 3.84. The van der Waals surface area contributed by atoms with Gasteiger partial charge in [0.2, 0.25) is 0 Å². The van der Waals surface area contributed by atoms with Crippen molar-refractivity contribution in [2.45, 2.75) is 24.5 Å². The molecule has 0 aliphatic carbocycles. The first kappa shape index (κ1) is 24.4. The van der Waals surface area contributed by atoms with Gasteiger partial charge in [-0.15, -0.1) is 0 Å². The highest BCUT2D eigenvalue weighted by molar-refractivity contribution is 7.84. The molecule has 6 atom stereocenters. The van der Waals surface area contributed by atoms with E-state index in [1.54, 1.807) is 0 Å². The van der Waals surface area contributed by atoms with E-state index in [9.17, 15) is 28.8 Å². The Hall–Kier alpha value is -1.26. The maximum Gasteiger partial charge on any atom is 0.485 e. The number of ether oxygens (including phenoxy) is 1. The molecular weight excluding hydrogens is 486 g/mol. The van der Waals surface area contributed by atoms with E-state index < -0.39 is 54.3 Å². The van der Waals surface area contributed by atoms with Crippen LogP contribution in [0.25, 0.3) is 11.2 Å². The molecule has 0 saturated carbocycles. The molecule has 3 heterocycles. The number of nitrogen functional groups attached to an aromatic ring is 1. The van der Waals surface area contributed by atoms with Gasteiger partial charge in [0.05, 0.1) is 20.4 Å². The Kier molecular flexibility index (Phi) is 6.76. The Balaban J connectivity index is 1.69. The molecule has 171 valence electrons. The van der Waals surface area contributed by atoms with Crippen LogP contribution in [0.4, 0.5) is 5.82 Å². The molecule has 2 aromatic rings. The molecule has 0 aromatic carbocycles. The second-order valence-electron chi connectivity index (χ2n) is 6.09. The highest BCUT2D eigenvalue weighted by Gasteiger charge is 2.45. The number of hydrogen-bond acceptors (Lipinski definition) is 13. The second kappa shape index (κ2) is 8.59. The lowest BCUT2D eigenvalue weighted by molar-refractivity contribution is -0.0479. The molecule has 1 aliphatic rings. The van der Waals surface area contributed by atoms with Crippen LogP contribution in [0, 0.1) is 0 Å². The summed E-state index contributed by atoms with van der Waals surface area (Å²) in [6.07, 6.45) is -3.43. The number of aliphatic hydroxyl groups excluding tert-OH is 2. The first-order valence-corrected chi connectivity index (χ1v) is 12.6. The lowest BCUT2D eigenvalue weighted by Crippen LogP contribution is -2.33. The SMILES string of the molecule is [B-]P(=O)(OC[C@H]1O[C@@H](n2cnc3c(N)ncnc32)[C@H](O)[C@@H]1O)OP(=O)(O)OP(=O)(O)O. The molecule has 0 amide bonds. The van der Waals surface area contributed by atoms with Crippen LogP contribution in [0.5, 0.6) is 0 Å². The smallest absolute Gasteiger partial charge is 0.443 e. The van der Waals surface area contributed by atoms with Gasteiger partial charge in [-0.1, -0.05) is 0 Å². The molecule has 2 unspecified atom stereocenters. The Morgan fingerprint density at radius 1 is 1.13 bits per heavy atom. The summed E-state index contributed by atoms with van der Waals surface area (Å²) in [5.41, 5.74) is 6.06. The van der Waals surface area contributed by atoms with Crippen LogP contribution in [0.2, 0.25) is 0 Å². The summed E-state index contributed by atoms with van der Waals surface area (Å²) in [4.78, 5) is 38.0. The number of rotatable bonds is 8. The predicted octanol–water partition coefficient (Wildman–Crippen LogP) is -1.45. The van der Waals surface area contributed by atoms with Crippen molar-refractivity contribution in [3.63, 3.8) is 0 Å². The molecule has 3 radical (unpaired) electrons. The summed E-state index contributed by atoms with van der Waals surface area (Å²) in [7, 11) is -10.9. The minimum absolute atomic E-state index is 0.0591. The lowest BCUT2D eigenvalue weighted by Gasteiger charge is -2.29. The van der Waals surface area contributed by atoms with Crippen LogP contribution in [0.15, 0.2) is 12.7 Å². The van der Waals surface area contributed by atoms with E-state index in [1.165, 1.54) is 10.9 Å². The lowest BCUT2D eigenvalue weighted by atomic mass is 10.1. The molecule has 3 rings (SSSR count). The summed E-state index contributed by atoms with van der Waals surface area (Å²) in [5, 5.41) is 20.5. The molecular formula is C10H15BN5O12P3-. The van der Waals surface area contributed by atoms with Crippen LogP contribution < -0.4 is 5.73 Å². The highest BCUT2D eigenvalue weighted by Crippen LogP contribution is 2.66. The van der Waals surface area contributed by atoms with Gasteiger partial charge in [-0.3, -0.25) is 4.57 Å². The number of fused-ring (bicyclic) bond motifs is 1. The van der Waals surface area contributed by atoms with E-state index in [2.05, 4.69) is 28.1 Å². The maximum atomic E-state index is 12.0. The highest BCUT2D eigenvalue weighted by atomic mass is 31.3. The van der Waals surface area contributed by atoms with Gasteiger partial charge in [-0.25, -0.2) is 28.4 Å². The summed E-state index contributed by atoms with van der Waals surface area (Å²) in [6, 6.07) is 0. The summed E-state index contributed by atoms with van der Waals surface area (Å²) < 4.78 is 52.8. The van der Waals surface area contributed by atoms with Crippen molar-refractivity contribution < 1.29 is 56.5 Å². The van der Waals surface area contributed by atoms with E-state index in [-0.39, 0.29) is 17.0 Å². The summed E-state index contributed by atoms with van der Waals surface area (Å²) in [6.45, 7) is -0.831. The first-order chi connectivity index (χ1) is 14.2. The monoisotopic (exact) mass is 501 g/mol. The van der Waals surface area contributed by atoms with E-state index >= 15 is 0 Å². The second-order valence-corrected chi connectivity index (χ2v) is 10.6. The minimum atomic E-state index is -5.58. The quantitative estimate of drug-likeness (QED) is 0.178. The molecule has 1 fully saturated rings. The Morgan fingerprint density at radius 2 is 1.81 bits per heavy atom. The topological polar surface area (TPSA) is 259 Å². The number of phosphoric acid groups is 2. The Labute approximate surface area is 173 Å². The van der Waals surface area contributed by atoms with Crippen molar-refractivity contribution >= 4 is 47.7 Å². The summed E-state index contributed by atoms with van der Waals surface area (Å²) in [5.74, 6) is 0.0591. The number of aliphatic hydroxyl groups is 2.